The first-order valence-corrected chi connectivity index (χ1v) is 8.65. The van der Waals surface area contributed by atoms with Crippen molar-refractivity contribution in [1.82, 2.24) is 14.8 Å². The molecule has 0 saturated carbocycles. The minimum Gasteiger partial charge on any atom is -0.448 e. The van der Waals surface area contributed by atoms with Gasteiger partial charge in [-0.3, -0.25) is 9.59 Å². The summed E-state index contributed by atoms with van der Waals surface area (Å²) in [6.45, 7) is 5.84. The molecule has 0 aliphatic carbocycles. The van der Waals surface area contributed by atoms with Crippen molar-refractivity contribution in [2.24, 2.45) is 0 Å². The molecule has 0 spiro atoms. The molecule has 0 aromatic carbocycles. The van der Waals surface area contributed by atoms with Crippen molar-refractivity contribution in [2.75, 3.05) is 19.6 Å². The average Bonchev–Trinajstić information content (AvgIpc) is 3.21. The van der Waals surface area contributed by atoms with Gasteiger partial charge in [0.1, 0.15) is 5.76 Å². The summed E-state index contributed by atoms with van der Waals surface area (Å²) in [7, 11) is 0. The van der Waals surface area contributed by atoms with E-state index in [4.69, 9.17) is 4.42 Å². The number of carbonyl (C=O) groups is 2. The molecule has 0 N–H and O–H groups in total. The molecule has 2 heterocycles. The molecule has 1 unspecified atom stereocenters. The molecule has 1 aromatic rings. The van der Waals surface area contributed by atoms with Crippen molar-refractivity contribution >= 4 is 11.8 Å². The Morgan fingerprint density at radius 2 is 2.16 bits per heavy atom. The lowest BCUT2D eigenvalue weighted by atomic mass is 10.1. The molecule has 8 heteroatoms. The number of likely N-dealkylation sites (N-methyl/N-ethyl adjacent to an activating group) is 1. The van der Waals surface area contributed by atoms with Gasteiger partial charge in [0.05, 0.1) is 6.04 Å². The molecule has 6 nitrogen and oxygen atoms in total. The third-order valence-corrected chi connectivity index (χ3v) is 4.49. The van der Waals surface area contributed by atoms with Crippen molar-refractivity contribution < 1.29 is 22.8 Å². The summed E-state index contributed by atoms with van der Waals surface area (Å²) in [5.41, 5.74) is 0.308. The van der Waals surface area contributed by atoms with Crippen molar-refractivity contribution in [2.45, 2.75) is 58.4 Å². The Kier molecular flexibility index (Phi) is 6.13. The van der Waals surface area contributed by atoms with Crippen molar-refractivity contribution in [3.05, 3.63) is 17.8 Å². The first-order valence-electron chi connectivity index (χ1n) is 8.65. The smallest absolute Gasteiger partial charge is 0.276 e. The lowest BCUT2D eigenvalue weighted by Crippen LogP contribution is -2.43. The van der Waals surface area contributed by atoms with Crippen LogP contribution in [0.4, 0.5) is 8.78 Å². The lowest BCUT2D eigenvalue weighted by Gasteiger charge is -2.28. The maximum Gasteiger partial charge on any atom is 0.276 e. The Morgan fingerprint density at radius 1 is 1.44 bits per heavy atom. The van der Waals surface area contributed by atoms with E-state index in [0.717, 1.165) is 6.92 Å². The first kappa shape index (κ1) is 19.3. The van der Waals surface area contributed by atoms with E-state index in [-0.39, 0.29) is 24.3 Å². The molecule has 0 bridgehead atoms. The number of oxazole rings is 1. The minimum absolute atomic E-state index is 0.149. The van der Waals surface area contributed by atoms with Crippen LogP contribution in [0.2, 0.25) is 0 Å². The van der Waals surface area contributed by atoms with Crippen molar-refractivity contribution in [3.63, 3.8) is 0 Å². The molecule has 1 saturated heterocycles. The molecule has 140 valence electrons. The molecule has 0 radical (unpaired) electrons. The summed E-state index contributed by atoms with van der Waals surface area (Å²) in [6.07, 6.45) is 1.81. The van der Waals surface area contributed by atoms with E-state index < -0.39 is 12.3 Å². The van der Waals surface area contributed by atoms with E-state index in [9.17, 15) is 18.4 Å². The van der Waals surface area contributed by atoms with Gasteiger partial charge in [-0.15, -0.1) is 0 Å². The topological polar surface area (TPSA) is 66.7 Å². The zero-order valence-electron chi connectivity index (χ0n) is 14.9. The molecule has 1 aromatic heterocycles. The maximum absolute atomic E-state index is 13.0. The number of nitrogens with zero attached hydrogens (tertiary/aromatic N) is 3. The monoisotopic (exact) mass is 357 g/mol. The number of alkyl halides is 2. The highest BCUT2D eigenvalue weighted by Gasteiger charge is 2.34. The van der Waals surface area contributed by atoms with Crippen LogP contribution in [0.25, 0.3) is 0 Å². The molecule has 2 amide bonds. The standard InChI is InChI=1S/C17H25F2N3O3/c1-4-13-15(20-11-25-13)16(24)21-9-7-12(10-21)22(5-2)14(23)6-8-17(3,18)19/h11-12H,4-10H2,1-3H3. The number of hydrogen-bond acceptors (Lipinski definition) is 4. The van der Waals surface area contributed by atoms with Crippen LogP contribution in [0.1, 0.15) is 56.3 Å². The number of likely N-dealkylation sites (tertiary alicyclic amines) is 1. The van der Waals surface area contributed by atoms with E-state index >= 15 is 0 Å². The zero-order chi connectivity index (χ0) is 18.6. The fraction of sp³-hybridized carbons (Fsp3) is 0.706. The van der Waals surface area contributed by atoms with E-state index in [2.05, 4.69) is 4.98 Å². The van der Waals surface area contributed by atoms with E-state index in [1.165, 1.54) is 6.39 Å². The molecular formula is C17H25F2N3O3. The van der Waals surface area contributed by atoms with Crippen LogP contribution in [-0.4, -0.2) is 58.2 Å². The predicted octanol–water partition coefficient (Wildman–Crippen LogP) is 2.74. The van der Waals surface area contributed by atoms with Crippen LogP contribution < -0.4 is 0 Å². The summed E-state index contributed by atoms with van der Waals surface area (Å²) in [5, 5.41) is 0. The fourth-order valence-electron chi connectivity index (χ4n) is 3.13. The van der Waals surface area contributed by atoms with E-state index in [1.54, 1.807) is 9.80 Å². The van der Waals surface area contributed by atoms with Crippen LogP contribution >= 0.6 is 0 Å². The van der Waals surface area contributed by atoms with Gasteiger partial charge in [0, 0.05) is 38.9 Å². The number of carbonyl (C=O) groups excluding carboxylic acids is 2. The van der Waals surface area contributed by atoms with Crippen LogP contribution in [0.5, 0.6) is 0 Å². The van der Waals surface area contributed by atoms with E-state index in [1.807, 2.05) is 13.8 Å². The van der Waals surface area contributed by atoms with Gasteiger partial charge in [0.15, 0.2) is 12.1 Å². The largest absolute Gasteiger partial charge is 0.448 e. The molecule has 2 rings (SSSR count). The van der Waals surface area contributed by atoms with E-state index in [0.29, 0.717) is 43.9 Å². The SMILES string of the molecule is CCc1ocnc1C(=O)N1CCC(N(CC)C(=O)CCC(C)(F)F)C1. The maximum atomic E-state index is 13.0. The van der Waals surface area contributed by atoms with Gasteiger partial charge in [-0.2, -0.15) is 0 Å². The number of aromatic nitrogens is 1. The van der Waals surface area contributed by atoms with Crippen LogP contribution in [0.15, 0.2) is 10.8 Å². The first-order chi connectivity index (χ1) is 11.8. The van der Waals surface area contributed by atoms with Crippen LogP contribution in [0, 0.1) is 0 Å². The number of amides is 2. The number of rotatable bonds is 7. The summed E-state index contributed by atoms with van der Waals surface area (Å²) in [5.74, 6) is -2.81. The quantitative estimate of drug-likeness (QED) is 0.753. The number of aryl methyl sites for hydroxylation is 1. The van der Waals surface area contributed by atoms with Gasteiger partial charge in [0.2, 0.25) is 11.8 Å². The highest BCUT2D eigenvalue weighted by molar-refractivity contribution is 5.93. The summed E-state index contributed by atoms with van der Waals surface area (Å²) in [4.78, 5) is 32.1. The highest BCUT2D eigenvalue weighted by Crippen LogP contribution is 2.23. The Morgan fingerprint density at radius 3 is 2.76 bits per heavy atom. The number of halogens is 2. The summed E-state index contributed by atoms with van der Waals surface area (Å²) >= 11 is 0. The molecule has 1 aliphatic heterocycles. The second-order valence-corrected chi connectivity index (χ2v) is 6.42. The minimum atomic E-state index is -2.85. The molecule has 25 heavy (non-hydrogen) atoms. The average molecular weight is 357 g/mol. The highest BCUT2D eigenvalue weighted by atomic mass is 19.3. The second kappa shape index (κ2) is 7.93. The third-order valence-electron chi connectivity index (χ3n) is 4.49. The Balaban J connectivity index is 1.98. The van der Waals surface area contributed by atoms with Gasteiger partial charge < -0.3 is 14.2 Å². The van der Waals surface area contributed by atoms with Gasteiger partial charge >= 0.3 is 0 Å². The van der Waals surface area contributed by atoms with Crippen LogP contribution in [-0.2, 0) is 11.2 Å². The second-order valence-electron chi connectivity index (χ2n) is 6.42. The molecule has 1 atom stereocenters. The summed E-state index contributed by atoms with van der Waals surface area (Å²) in [6, 6.07) is -0.149. The fourth-order valence-corrected chi connectivity index (χ4v) is 3.13. The summed E-state index contributed by atoms with van der Waals surface area (Å²) < 4.78 is 31.2. The predicted molar refractivity (Wildman–Crippen MR) is 87.4 cm³/mol. The van der Waals surface area contributed by atoms with Gasteiger partial charge in [-0.1, -0.05) is 6.92 Å². The Hall–Kier alpha value is -1.99. The van der Waals surface area contributed by atoms with Gasteiger partial charge in [0.25, 0.3) is 5.91 Å². The normalized spacial score (nSPS) is 17.8. The zero-order valence-corrected chi connectivity index (χ0v) is 14.9. The lowest BCUT2D eigenvalue weighted by molar-refractivity contribution is -0.134. The Bertz CT molecular complexity index is 613. The third kappa shape index (κ3) is 4.76. The van der Waals surface area contributed by atoms with Gasteiger partial charge in [-0.05, 0) is 20.3 Å². The number of hydrogen-bond donors (Lipinski definition) is 0. The van der Waals surface area contributed by atoms with Gasteiger partial charge in [-0.25, -0.2) is 13.8 Å². The van der Waals surface area contributed by atoms with Crippen LogP contribution in [0.3, 0.4) is 0 Å². The molecule has 1 aliphatic rings. The molecule has 1 fully saturated rings. The van der Waals surface area contributed by atoms with Crippen molar-refractivity contribution in [1.29, 1.82) is 0 Å². The van der Waals surface area contributed by atoms with Crippen molar-refractivity contribution in [3.8, 4) is 0 Å². The molecular weight excluding hydrogens is 332 g/mol. The Labute approximate surface area is 146 Å².